The molecule has 1 saturated carbocycles. The Kier molecular flexibility index (Phi) is 3.95. The predicted octanol–water partition coefficient (Wildman–Crippen LogP) is 2.20. The molecule has 1 aliphatic heterocycles. The summed E-state index contributed by atoms with van der Waals surface area (Å²) < 4.78 is 51.9. The molecule has 5 nitrogen and oxygen atoms in total. The van der Waals surface area contributed by atoms with Crippen molar-refractivity contribution in [2.75, 3.05) is 27.2 Å². The highest BCUT2D eigenvalue weighted by Crippen LogP contribution is 2.65. The van der Waals surface area contributed by atoms with E-state index in [4.69, 9.17) is 0 Å². The van der Waals surface area contributed by atoms with Crippen molar-refractivity contribution >= 4 is 15.9 Å². The minimum absolute atomic E-state index is 0.0703. The molecule has 0 aromatic heterocycles. The maximum Gasteiger partial charge on any atom is 0.254 e. The van der Waals surface area contributed by atoms with Gasteiger partial charge in [-0.2, -0.15) is 0 Å². The van der Waals surface area contributed by atoms with Gasteiger partial charge in [-0.1, -0.05) is 0 Å². The van der Waals surface area contributed by atoms with Gasteiger partial charge in [0.15, 0.2) is 0 Å². The molecule has 1 amide bonds. The van der Waals surface area contributed by atoms with E-state index in [1.807, 2.05) is 0 Å². The summed E-state index contributed by atoms with van der Waals surface area (Å²) in [4.78, 5) is 14.1. The lowest BCUT2D eigenvalue weighted by atomic mass is 9.92. The number of likely N-dealkylation sites (tertiary alicyclic amines) is 1. The normalized spacial score (nSPS) is 22.0. The van der Waals surface area contributed by atoms with Crippen LogP contribution in [0.15, 0.2) is 29.2 Å². The largest absolute Gasteiger partial charge is 0.339 e. The van der Waals surface area contributed by atoms with Crippen LogP contribution >= 0.6 is 0 Å². The summed E-state index contributed by atoms with van der Waals surface area (Å²) in [5.74, 6) is -2.83. The molecule has 1 spiro atoms. The molecule has 132 valence electrons. The van der Waals surface area contributed by atoms with Gasteiger partial charge in [-0.05, 0) is 37.1 Å². The number of hydrogen-bond acceptors (Lipinski definition) is 3. The van der Waals surface area contributed by atoms with Crippen molar-refractivity contribution in [1.29, 1.82) is 0 Å². The quantitative estimate of drug-likeness (QED) is 0.832. The topological polar surface area (TPSA) is 57.7 Å². The zero-order chi connectivity index (χ0) is 17.8. The maximum atomic E-state index is 13.4. The van der Waals surface area contributed by atoms with Crippen molar-refractivity contribution in [2.45, 2.75) is 30.1 Å². The molecule has 1 aromatic rings. The third-order valence-corrected chi connectivity index (χ3v) is 6.93. The lowest BCUT2D eigenvalue weighted by Gasteiger charge is -2.32. The summed E-state index contributed by atoms with van der Waals surface area (Å²) in [5, 5.41) is 0. The first-order chi connectivity index (χ1) is 11.1. The van der Waals surface area contributed by atoms with Gasteiger partial charge in [-0.15, -0.1) is 0 Å². The highest BCUT2D eigenvalue weighted by molar-refractivity contribution is 7.89. The molecule has 0 N–H and O–H groups in total. The Hall–Kier alpha value is -1.54. The summed E-state index contributed by atoms with van der Waals surface area (Å²) in [6.07, 6.45) is 0.566. The Morgan fingerprint density at radius 3 is 2.04 bits per heavy atom. The molecular formula is C16H20F2N2O3S. The number of rotatable bonds is 3. The first-order valence-corrected chi connectivity index (χ1v) is 9.23. The number of carbonyl (C=O) groups excluding carboxylic acids is 1. The lowest BCUT2D eigenvalue weighted by molar-refractivity contribution is 0.0284. The summed E-state index contributed by atoms with van der Waals surface area (Å²) in [6.45, 7) is 0.623. The van der Waals surface area contributed by atoms with Crippen LogP contribution in [-0.2, 0) is 10.0 Å². The molecule has 24 heavy (non-hydrogen) atoms. The number of hydrogen-bond donors (Lipinski definition) is 0. The second-order valence-corrected chi connectivity index (χ2v) is 8.92. The summed E-state index contributed by atoms with van der Waals surface area (Å²) in [6, 6.07) is 5.72. The van der Waals surface area contributed by atoms with Gasteiger partial charge in [0.1, 0.15) is 0 Å². The maximum absolute atomic E-state index is 13.4. The molecule has 1 aromatic carbocycles. The van der Waals surface area contributed by atoms with Crippen molar-refractivity contribution in [3.05, 3.63) is 29.8 Å². The van der Waals surface area contributed by atoms with Crippen LogP contribution < -0.4 is 0 Å². The highest BCUT2D eigenvalue weighted by Gasteiger charge is 2.70. The molecule has 2 fully saturated rings. The van der Waals surface area contributed by atoms with Crippen LogP contribution in [0, 0.1) is 5.41 Å². The standard InChI is InChI=1S/C16H20F2N2O3S/c1-19(2)24(22,23)13-5-3-12(4-6-13)14(21)20-9-7-15(8-10-20)11-16(15,17)18/h3-6H,7-11H2,1-2H3. The van der Waals surface area contributed by atoms with E-state index in [-0.39, 0.29) is 17.2 Å². The highest BCUT2D eigenvalue weighted by atomic mass is 32.2. The van der Waals surface area contributed by atoms with E-state index >= 15 is 0 Å². The third kappa shape index (κ3) is 2.71. The number of benzene rings is 1. The SMILES string of the molecule is CN(C)S(=O)(=O)c1ccc(C(=O)N2CCC3(CC2)CC3(F)F)cc1. The van der Waals surface area contributed by atoms with E-state index in [2.05, 4.69) is 0 Å². The van der Waals surface area contributed by atoms with E-state index in [0.717, 1.165) is 4.31 Å². The average Bonchev–Trinajstić information content (AvgIpc) is 3.07. The Morgan fingerprint density at radius 2 is 1.62 bits per heavy atom. The molecule has 0 bridgehead atoms. The van der Waals surface area contributed by atoms with E-state index < -0.39 is 21.4 Å². The van der Waals surface area contributed by atoms with Crippen LogP contribution in [0.5, 0.6) is 0 Å². The summed E-state index contributed by atoms with van der Waals surface area (Å²) >= 11 is 0. The van der Waals surface area contributed by atoms with E-state index in [0.29, 0.717) is 31.5 Å². The van der Waals surface area contributed by atoms with E-state index in [1.165, 1.54) is 38.4 Å². The Labute approximate surface area is 140 Å². The van der Waals surface area contributed by atoms with E-state index in [1.54, 1.807) is 4.90 Å². The Balaban J connectivity index is 1.68. The van der Waals surface area contributed by atoms with Gasteiger partial charge >= 0.3 is 0 Å². The molecule has 0 radical (unpaired) electrons. The first kappa shape index (κ1) is 17.3. The Morgan fingerprint density at radius 1 is 1.12 bits per heavy atom. The molecule has 2 aliphatic rings. The molecular weight excluding hydrogens is 338 g/mol. The molecule has 3 rings (SSSR count). The van der Waals surface area contributed by atoms with Gasteiger partial charge < -0.3 is 4.90 Å². The van der Waals surface area contributed by atoms with Crippen molar-refractivity contribution in [1.82, 2.24) is 9.21 Å². The number of alkyl halides is 2. The second-order valence-electron chi connectivity index (χ2n) is 6.77. The second kappa shape index (κ2) is 5.49. The summed E-state index contributed by atoms with van der Waals surface area (Å²) in [7, 11) is -0.667. The number of piperidine rings is 1. The minimum Gasteiger partial charge on any atom is -0.339 e. The first-order valence-electron chi connectivity index (χ1n) is 7.79. The number of sulfonamides is 1. The van der Waals surface area contributed by atoms with Gasteiger partial charge in [0.25, 0.3) is 11.8 Å². The smallest absolute Gasteiger partial charge is 0.254 e. The van der Waals surface area contributed by atoms with Crippen LogP contribution in [0.3, 0.4) is 0 Å². The number of halogens is 2. The van der Waals surface area contributed by atoms with Gasteiger partial charge in [-0.3, -0.25) is 4.79 Å². The van der Waals surface area contributed by atoms with Gasteiger partial charge in [0.2, 0.25) is 10.0 Å². The Bertz CT molecular complexity index is 752. The van der Waals surface area contributed by atoms with Crippen LogP contribution in [0.25, 0.3) is 0 Å². The van der Waals surface area contributed by atoms with Crippen molar-refractivity contribution in [3.8, 4) is 0 Å². The third-order valence-electron chi connectivity index (χ3n) is 5.10. The van der Waals surface area contributed by atoms with Crippen molar-refractivity contribution < 1.29 is 22.0 Å². The predicted molar refractivity (Wildman–Crippen MR) is 84.4 cm³/mol. The molecule has 1 heterocycles. The monoisotopic (exact) mass is 358 g/mol. The van der Waals surface area contributed by atoms with Gasteiger partial charge in [0, 0.05) is 44.6 Å². The summed E-state index contributed by atoms with van der Waals surface area (Å²) in [5.41, 5.74) is -0.529. The molecule has 1 aliphatic carbocycles. The fraction of sp³-hybridized carbons (Fsp3) is 0.562. The molecule has 0 unspecified atom stereocenters. The van der Waals surface area contributed by atoms with Crippen LogP contribution in [0.2, 0.25) is 0 Å². The zero-order valence-electron chi connectivity index (χ0n) is 13.6. The van der Waals surface area contributed by atoms with Crippen molar-refractivity contribution in [3.63, 3.8) is 0 Å². The number of amides is 1. The fourth-order valence-corrected chi connectivity index (χ4v) is 4.13. The van der Waals surface area contributed by atoms with Gasteiger partial charge in [0.05, 0.1) is 4.90 Å². The molecule has 1 saturated heterocycles. The van der Waals surface area contributed by atoms with Crippen molar-refractivity contribution in [2.24, 2.45) is 5.41 Å². The minimum atomic E-state index is -3.54. The van der Waals surface area contributed by atoms with Crippen LogP contribution in [0.1, 0.15) is 29.6 Å². The number of nitrogens with zero attached hydrogens (tertiary/aromatic N) is 2. The van der Waals surface area contributed by atoms with Crippen LogP contribution in [-0.4, -0.2) is 56.6 Å². The van der Waals surface area contributed by atoms with Crippen LogP contribution in [0.4, 0.5) is 8.78 Å². The fourth-order valence-electron chi connectivity index (χ4n) is 3.22. The lowest BCUT2D eigenvalue weighted by Crippen LogP contribution is -2.40. The van der Waals surface area contributed by atoms with Gasteiger partial charge in [-0.25, -0.2) is 21.5 Å². The zero-order valence-corrected chi connectivity index (χ0v) is 14.4. The number of carbonyl (C=O) groups is 1. The molecule has 0 atom stereocenters. The average molecular weight is 358 g/mol. The molecule has 8 heteroatoms. The van der Waals surface area contributed by atoms with E-state index in [9.17, 15) is 22.0 Å².